The summed E-state index contributed by atoms with van der Waals surface area (Å²) in [7, 11) is 0. The van der Waals surface area contributed by atoms with Gasteiger partial charge >= 0.3 is 11.9 Å². The van der Waals surface area contributed by atoms with Crippen molar-refractivity contribution in [3.8, 4) is 0 Å². The number of hydrogen-bond acceptors (Lipinski definition) is 9. The van der Waals surface area contributed by atoms with E-state index in [9.17, 15) is 24.0 Å². The van der Waals surface area contributed by atoms with E-state index in [1.54, 1.807) is 0 Å². The summed E-state index contributed by atoms with van der Waals surface area (Å²) in [6.45, 7) is 1.94. The van der Waals surface area contributed by atoms with Gasteiger partial charge in [0, 0.05) is 38.2 Å². The van der Waals surface area contributed by atoms with Gasteiger partial charge in [-0.1, -0.05) is 0 Å². The summed E-state index contributed by atoms with van der Waals surface area (Å²) in [6, 6.07) is 0. The van der Waals surface area contributed by atoms with E-state index < -0.39 is 23.8 Å². The molecule has 0 atom stereocenters. The van der Waals surface area contributed by atoms with Gasteiger partial charge in [0.25, 0.3) is 11.8 Å². The molecule has 0 bridgehead atoms. The lowest BCUT2D eigenvalue weighted by Crippen LogP contribution is -2.40. The summed E-state index contributed by atoms with van der Waals surface area (Å²) in [5, 5.41) is 17.1. The zero-order valence-electron chi connectivity index (χ0n) is 19.0. The first-order valence-electron chi connectivity index (χ1n) is 10.9. The molecular formula is C21H32N2O11. The van der Waals surface area contributed by atoms with E-state index in [0.717, 1.165) is 17.1 Å². The quantitative estimate of drug-likeness (QED) is 0.152. The first kappa shape index (κ1) is 29.2. The molecule has 13 nitrogen and oxygen atoms in total. The molecule has 1 aliphatic rings. The zero-order chi connectivity index (χ0) is 25.2. The largest absolute Gasteiger partial charge is 0.481 e. The van der Waals surface area contributed by atoms with Crippen molar-refractivity contribution in [1.29, 1.82) is 0 Å². The minimum absolute atomic E-state index is 0.0312. The lowest BCUT2D eigenvalue weighted by molar-refractivity contribution is -0.139. The molecule has 0 aliphatic carbocycles. The Balaban J connectivity index is 2.33. The van der Waals surface area contributed by atoms with Crippen LogP contribution in [0, 0.1) is 0 Å². The highest BCUT2D eigenvalue weighted by molar-refractivity contribution is 6.13. The summed E-state index contributed by atoms with van der Waals surface area (Å²) >= 11 is 0. The van der Waals surface area contributed by atoms with E-state index in [2.05, 4.69) is 0 Å². The molecule has 0 radical (unpaired) electrons. The molecule has 1 rings (SSSR count). The number of aliphatic carboxylic acids is 2. The van der Waals surface area contributed by atoms with Gasteiger partial charge in [-0.05, 0) is 0 Å². The average molecular weight is 488 g/mol. The Morgan fingerprint density at radius 1 is 0.676 bits per heavy atom. The maximum absolute atomic E-state index is 12.6. The van der Waals surface area contributed by atoms with Crippen LogP contribution in [0.2, 0.25) is 0 Å². The van der Waals surface area contributed by atoms with Crippen molar-refractivity contribution in [2.75, 3.05) is 72.5 Å². The second-order valence-electron chi connectivity index (χ2n) is 7.03. The second-order valence-corrected chi connectivity index (χ2v) is 7.03. The maximum atomic E-state index is 12.6. The molecule has 0 aromatic carbocycles. The Labute approximate surface area is 197 Å². The molecule has 0 aromatic rings. The van der Waals surface area contributed by atoms with Gasteiger partial charge in [-0.15, -0.1) is 0 Å². The Bertz CT molecular complexity index is 663. The molecule has 192 valence electrons. The van der Waals surface area contributed by atoms with Crippen LogP contribution in [-0.4, -0.2) is 122 Å². The standard InChI is InChI=1S/C21H32N2O11/c24-17(3-6-23-18(25)1-2-19(23)26)22(7-11-33-15-13-31-9-4-20(27)28)8-12-34-16-14-32-10-5-21(29)30/h1-2H,3-16H2,(H,27,28)(H,29,30). The number of carbonyl (C=O) groups is 5. The van der Waals surface area contributed by atoms with Crippen LogP contribution in [0.1, 0.15) is 19.3 Å². The fraction of sp³-hybridized carbons (Fsp3) is 0.667. The SMILES string of the molecule is O=C(O)CCOCCOCCN(CCOCCOCCC(=O)O)C(=O)CCN1C(=O)C=CC1=O. The van der Waals surface area contributed by atoms with Gasteiger partial charge in [0.05, 0.1) is 65.7 Å². The van der Waals surface area contributed by atoms with Gasteiger partial charge in [-0.2, -0.15) is 0 Å². The van der Waals surface area contributed by atoms with Crippen LogP contribution in [0.25, 0.3) is 0 Å². The van der Waals surface area contributed by atoms with Crippen LogP contribution in [-0.2, 0) is 42.9 Å². The molecule has 2 N–H and O–H groups in total. The van der Waals surface area contributed by atoms with Gasteiger partial charge in [-0.3, -0.25) is 28.9 Å². The van der Waals surface area contributed by atoms with E-state index in [0.29, 0.717) is 0 Å². The molecule has 0 saturated heterocycles. The highest BCUT2D eigenvalue weighted by Gasteiger charge is 2.24. The van der Waals surface area contributed by atoms with Crippen LogP contribution in [0.3, 0.4) is 0 Å². The van der Waals surface area contributed by atoms with Crippen molar-refractivity contribution in [3.05, 3.63) is 12.2 Å². The Hall–Kier alpha value is -2.87. The predicted octanol–water partition coefficient (Wildman–Crippen LogP) is -0.854. The van der Waals surface area contributed by atoms with E-state index in [1.807, 2.05) is 0 Å². The first-order chi connectivity index (χ1) is 16.3. The Kier molecular flexibility index (Phi) is 15.1. The zero-order valence-corrected chi connectivity index (χ0v) is 19.0. The Morgan fingerprint density at radius 2 is 1.09 bits per heavy atom. The number of imide groups is 1. The third-order valence-corrected chi connectivity index (χ3v) is 4.48. The summed E-state index contributed by atoms with van der Waals surface area (Å²) < 4.78 is 21.1. The molecule has 0 aromatic heterocycles. The first-order valence-corrected chi connectivity index (χ1v) is 10.9. The van der Waals surface area contributed by atoms with Crippen molar-refractivity contribution in [2.45, 2.75) is 19.3 Å². The minimum atomic E-state index is -0.947. The molecular weight excluding hydrogens is 456 g/mol. The Morgan fingerprint density at radius 3 is 1.50 bits per heavy atom. The van der Waals surface area contributed by atoms with Crippen molar-refractivity contribution in [2.24, 2.45) is 0 Å². The normalized spacial score (nSPS) is 13.0. The number of carboxylic acids is 2. The van der Waals surface area contributed by atoms with E-state index in [-0.39, 0.29) is 97.7 Å². The van der Waals surface area contributed by atoms with E-state index in [4.69, 9.17) is 29.2 Å². The van der Waals surface area contributed by atoms with Crippen molar-refractivity contribution >= 4 is 29.7 Å². The van der Waals surface area contributed by atoms with Gasteiger partial charge in [-0.25, -0.2) is 0 Å². The van der Waals surface area contributed by atoms with Crippen LogP contribution >= 0.6 is 0 Å². The third kappa shape index (κ3) is 13.6. The van der Waals surface area contributed by atoms with Crippen LogP contribution in [0.15, 0.2) is 12.2 Å². The number of nitrogens with zero attached hydrogens (tertiary/aromatic N) is 2. The van der Waals surface area contributed by atoms with Crippen molar-refractivity contribution in [1.82, 2.24) is 9.80 Å². The number of carboxylic acid groups (broad SMARTS) is 2. The summed E-state index contributed by atoms with van der Waals surface area (Å²) in [4.78, 5) is 59.2. The molecule has 0 saturated carbocycles. The highest BCUT2D eigenvalue weighted by atomic mass is 16.5. The van der Waals surface area contributed by atoms with Gasteiger partial charge in [0.15, 0.2) is 0 Å². The molecule has 0 spiro atoms. The lowest BCUT2D eigenvalue weighted by atomic mass is 10.3. The van der Waals surface area contributed by atoms with Gasteiger partial charge in [0.2, 0.25) is 5.91 Å². The predicted molar refractivity (Wildman–Crippen MR) is 115 cm³/mol. The average Bonchev–Trinajstić information content (AvgIpc) is 3.10. The van der Waals surface area contributed by atoms with E-state index in [1.165, 1.54) is 4.90 Å². The van der Waals surface area contributed by atoms with Crippen molar-refractivity contribution in [3.63, 3.8) is 0 Å². The minimum Gasteiger partial charge on any atom is -0.481 e. The van der Waals surface area contributed by atoms with Crippen molar-refractivity contribution < 1.29 is 53.1 Å². The smallest absolute Gasteiger partial charge is 0.305 e. The number of amides is 3. The maximum Gasteiger partial charge on any atom is 0.305 e. The molecule has 1 aliphatic heterocycles. The topological polar surface area (TPSA) is 169 Å². The fourth-order valence-electron chi connectivity index (χ4n) is 2.69. The number of carbonyl (C=O) groups excluding carboxylic acids is 3. The highest BCUT2D eigenvalue weighted by Crippen LogP contribution is 2.06. The monoisotopic (exact) mass is 488 g/mol. The molecule has 0 fully saturated rings. The summed E-state index contributed by atoms with van der Waals surface area (Å²) in [5.74, 6) is -3.09. The number of rotatable bonds is 21. The number of ether oxygens (including phenoxy) is 4. The fourth-order valence-corrected chi connectivity index (χ4v) is 2.69. The van der Waals surface area contributed by atoms with Gasteiger partial charge < -0.3 is 34.1 Å². The van der Waals surface area contributed by atoms with Gasteiger partial charge in [0.1, 0.15) is 0 Å². The lowest BCUT2D eigenvalue weighted by Gasteiger charge is -2.24. The van der Waals surface area contributed by atoms with Crippen LogP contribution in [0.4, 0.5) is 0 Å². The molecule has 3 amide bonds. The molecule has 34 heavy (non-hydrogen) atoms. The molecule has 1 heterocycles. The summed E-state index contributed by atoms with van der Waals surface area (Å²) in [5.41, 5.74) is 0. The van der Waals surface area contributed by atoms with E-state index >= 15 is 0 Å². The molecule has 13 heteroatoms. The molecule has 0 unspecified atom stereocenters. The van der Waals surface area contributed by atoms with Crippen LogP contribution < -0.4 is 0 Å². The number of hydrogen-bond donors (Lipinski definition) is 2. The third-order valence-electron chi connectivity index (χ3n) is 4.48. The second kappa shape index (κ2) is 17.6. The van der Waals surface area contributed by atoms with Crippen LogP contribution in [0.5, 0.6) is 0 Å². The summed E-state index contributed by atoms with van der Waals surface area (Å²) in [6.07, 6.45) is 2.08.